The second kappa shape index (κ2) is 6.43. The van der Waals surface area contributed by atoms with Crippen LogP contribution in [-0.4, -0.2) is 36.1 Å². The summed E-state index contributed by atoms with van der Waals surface area (Å²) in [5.41, 5.74) is -1.23. The van der Waals surface area contributed by atoms with E-state index in [0.29, 0.717) is 29.6 Å². The number of rotatable bonds is 4. The van der Waals surface area contributed by atoms with E-state index in [9.17, 15) is 9.59 Å². The quantitative estimate of drug-likeness (QED) is 0.863. The van der Waals surface area contributed by atoms with E-state index in [0.717, 1.165) is 0 Å². The predicted molar refractivity (Wildman–Crippen MR) is 92.9 cm³/mol. The van der Waals surface area contributed by atoms with Crippen molar-refractivity contribution in [1.82, 2.24) is 4.98 Å². The fourth-order valence-corrected chi connectivity index (χ4v) is 2.63. The minimum absolute atomic E-state index is 0.375. The Balaban J connectivity index is 1.91. The number of ether oxygens (including phenoxy) is 2. The van der Waals surface area contributed by atoms with Crippen LogP contribution >= 0.6 is 0 Å². The number of carbonyl (C=O) groups excluding carboxylic acids is 2. The second-order valence-electron chi connectivity index (χ2n) is 5.71. The summed E-state index contributed by atoms with van der Waals surface area (Å²) in [6, 6.07) is 10.4. The van der Waals surface area contributed by atoms with Crippen molar-refractivity contribution in [3.05, 3.63) is 42.6 Å². The lowest BCUT2D eigenvalue weighted by atomic mass is 10.0. The van der Waals surface area contributed by atoms with Crippen molar-refractivity contribution in [2.75, 3.05) is 23.9 Å². The molecule has 0 spiro atoms. The lowest BCUT2D eigenvalue weighted by molar-refractivity contribution is -0.145. The Morgan fingerprint density at radius 1 is 1.32 bits per heavy atom. The first kappa shape index (κ1) is 16.8. The molecule has 0 fully saturated rings. The van der Waals surface area contributed by atoms with Gasteiger partial charge in [0.1, 0.15) is 5.75 Å². The van der Waals surface area contributed by atoms with Crippen LogP contribution in [0.1, 0.15) is 13.8 Å². The molecule has 7 heteroatoms. The molecule has 1 aromatic heterocycles. The molecule has 0 aliphatic carbocycles. The molecule has 25 heavy (non-hydrogen) atoms. The van der Waals surface area contributed by atoms with Gasteiger partial charge in [-0.15, -0.1) is 0 Å². The van der Waals surface area contributed by atoms with Gasteiger partial charge < -0.3 is 14.8 Å². The number of likely N-dealkylation sites (N-methyl/N-ethyl adjacent to an activating group) is 1. The van der Waals surface area contributed by atoms with Gasteiger partial charge in [0.15, 0.2) is 11.6 Å². The molecular weight excluding hydrogens is 322 g/mol. The molecule has 7 nitrogen and oxygen atoms in total. The Labute approximate surface area is 145 Å². The highest BCUT2D eigenvalue weighted by molar-refractivity contribution is 6.19. The van der Waals surface area contributed by atoms with Gasteiger partial charge in [-0.25, -0.2) is 4.98 Å². The highest BCUT2D eigenvalue weighted by Gasteiger charge is 2.50. The lowest BCUT2D eigenvalue weighted by Gasteiger charge is -2.37. The van der Waals surface area contributed by atoms with Crippen molar-refractivity contribution in [3.63, 3.8) is 0 Å². The number of para-hydroxylation sites is 2. The van der Waals surface area contributed by atoms with E-state index in [1.165, 1.54) is 11.8 Å². The molecule has 2 heterocycles. The number of nitrogens with zero attached hydrogens (tertiary/aromatic N) is 2. The van der Waals surface area contributed by atoms with Gasteiger partial charge in [-0.05, 0) is 38.1 Å². The third-order valence-electron chi connectivity index (χ3n) is 3.96. The summed E-state index contributed by atoms with van der Waals surface area (Å²) in [5, 5.41) is 2.73. The Kier molecular flexibility index (Phi) is 4.31. The molecule has 0 unspecified atom stereocenters. The van der Waals surface area contributed by atoms with Gasteiger partial charge in [-0.2, -0.15) is 0 Å². The van der Waals surface area contributed by atoms with Gasteiger partial charge in [0.05, 0.1) is 12.3 Å². The highest BCUT2D eigenvalue weighted by atomic mass is 16.5. The number of anilines is 2. The molecular formula is C18H19N3O4. The van der Waals surface area contributed by atoms with E-state index in [1.54, 1.807) is 49.6 Å². The zero-order chi connectivity index (χ0) is 18.0. The maximum Gasteiger partial charge on any atom is 0.281 e. The number of fused-ring (bicyclic) bond motifs is 1. The minimum atomic E-state index is -1.70. The molecule has 130 valence electrons. The van der Waals surface area contributed by atoms with Crippen LogP contribution in [0.2, 0.25) is 0 Å². The van der Waals surface area contributed by atoms with Crippen LogP contribution in [0.4, 0.5) is 11.5 Å². The predicted octanol–water partition coefficient (Wildman–Crippen LogP) is 2.23. The lowest BCUT2D eigenvalue weighted by Crippen LogP contribution is -2.60. The second-order valence-corrected chi connectivity index (χ2v) is 5.71. The molecule has 0 saturated heterocycles. The van der Waals surface area contributed by atoms with Crippen LogP contribution in [0.3, 0.4) is 0 Å². The number of hydrogen-bond donors (Lipinski definition) is 1. The number of carbonyl (C=O) groups is 2. The number of hydrogen-bond acceptors (Lipinski definition) is 5. The molecule has 2 amide bonds. The Bertz CT molecular complexity index is 823. The summed E-state index contributed by atoms with van der Waals surface area (Å²) in [4.78, 5) is 31.0. The monoisotopic (exact) mass is 341 g/mol. The maximum atomic E-state index is 12.9. The fraction of sp³-hybridized carbons (Fsp3) is 0.278. The molecule has 1 aliphatic rings. The molecule has 1 aliphatic heterocycles. The average molecular weight is 341 g/mol. The minimum Gasteiger partial charge on any atom is -0.492 e. The number of aromatic nitrogens is 1. The zero-order valence-electron chi connectivity index (χ0n) is 14.3. The van der Waals surface area contributed by atoms with Gasteiger partial charge in [0.2, 0.25) is 0 Å². The van der Waals surface area contributed by atoms with Crippen molar-refractivity contribution >= 4 is 23.3 Å². The van der Waals surface area contributed by atoms with Gasteiger partial charge >= 0.3 is 0 Å². The average Bonchev–Trinajstić information content (AvgIpc) is 2.61. The number of pyridine rings is 1. The van der Waals surface area contributed by atoms with E-state index in [1.807, 2.05) is 6.92 Å². The van der Waals surface area contributed by atoms with Gasteiger partial charge in [-0.3, -0.25) is 14.5 Å². The van der Waals surface area contributed by atoms with Crippen molar-refractivity contribution in [2.45, 2.75) is 19.4 Å². The van der Waals surface area contributed by atoms with Crippen molar-refractivity contribution < 1.29 is 19.1 Å². The van der Waals surface area contributed by atoms with Crippen molar-refractivity contribution in [2.24, 2.45) is 0 Å². The largest absolute Gasteiger partial charge is 0.492 e. The first-order valence-electron chi connectivity index (χ1n) is 7.93. The Hall–Kier alpha value is -3.09. The fourth-order valence-electron chi connectivity index (χ4n) is 2.63. The smallest absolute Gasteiger partial charge is 0.281 e. The van der Waals surface area contributed by atoms with Gasteiger partial charge in [0.25, 0.3) is 17.4 Å². The summed E-state index contributed by atoms with van der Waals surface area (Å²) >= 11 is 0. The number of amides is 2. The molecule has 0 bridgehead atoms. The summed E-state index contributed by atoms with van der Waals surface area (Å²) in [6.07, 6.45) is 1.56. The summed E-state index contributed by atoms with van der Waals surface area (Å²) in [5.74, 6) is 0.213. The van der Waals surface area contributed by atoms with Crippen LogP contribution < -0.4 is 19.7 Å². The molecule has 1 aromatic carbocycles. The summed E-state index contributed by atoms with van der Waals surface area (Å²) in [7, 11) is 1.57. The number of nitrogens with one attached hydrogen (secondary N) is 1. The van der Waals surface area contributed by atoms with Crippen LogP contribution in [0.15, 0.2) is 42.6 Å². The standard InChI is InChI=1S/C18H19N3O4/c1-4-24-13-9-6-5-8-12(13)20-16(22)18(2)17(23)21(3)15-14(25-18)10-7-11-19-15/h5-11H,4H2,1-3H3,(H,20,22)/t18-/m1/s1. The van der Waals surface area contributed by atoms with Crippen LogP contribution in [0.5, 0.6) is 11.5 Å². The van der Waals surface area contributed by atoms with Crippen molar-refractivity contribution in [3.8, 4) is 11.5 Å². The highest BCUT2D eigenvalue weighted by Crippen LogP contribution is 2.36. The number of benzene rings is 1. The van der Waals surface area contributed by atoms with E-state index in [2.05, 4.69) is 10.3 Å². The summed E-state index contributed by atoms with van der Waals surface area (Å²) < 4.78 is 11.2. The van der Waals surface area contributed by atoms with E-state index < -0.39 is 17.4 Å². The zero-order valence-corrected chi connectivity index (χ0v) is 14.3. The molecule has 1 atom stereocenters. The third-order valence-corrected chi connectivity index (χ3v) is 3.96. The van der Waals surface area contributed by atoms with Gasteiger partial charge in [-0.1, -0.05) is 12.1 Å². The van der Waals surface area contributed by atoms with E-state index in [-0.39, 0.29) is 0 Å². The molecule has 0 saturated carbocycles. The third kappa shape index (κ3) is 2.88. The molecule has 3 rings (SSSR count). The maximum absolute atomic E-state index is 12.9. The molecule has 0 radical (unpaired) electrons. The molecule has 2 aromatic rings. The Morgan fingerprint density at radius 3 is 2.84 bits per heavy atom. The SMILES string of the molecule is CCOc1ccccc1NC(=O)[C@@]1(C)Oc2cccnc2N(C)C1=O. The van der Waals surface area contributed by atoms with Crippen LogP contribution in [-0.2, 0) is 9.59 Å². The topological polar surface area (TPSA) is 80.8 Å². The molecule has 1 N–H and O–H groups in total. The van der Waals surface area contributed by atoms with Crippen LogP contribution in [0.25, 0.3) is 0 Å². The van der Waals surface area contributed by atoms with Crippen LogP contribution in [0, 0.1) is 0 Å². The van der Waals surface area contributed by atoms with Crippen molar-refractivity contribution in [1.29, 1.82) is 0 Å². The normalized spacial score (nSPS) is 19.0. The Morgan fingerprint density at radius 2 is 2.08 bits per heavy atom. The van der Waals surface area contributed by atoms with E-state index in [4.69, 9.17) is 9.47 Å². The van der Waals surface area contributed by atoms with Gasteiger partial charge in [0, 0.05) is 13.2 Å². The first-order chi connectivity index (χ1) is 12.0. The first-order valence-corrected chi connectivity index (χ1v) is 7.93. The van der Waals surface area contributed by atoms with E-state index >= 15 is 0 Å². The summed E-state index contributed by atoms with van der Waals surface area (Å²) in [6.45, 7) is 3.76.